The summed E-state index contributed by atoms with van der Waals surface area (Å²) < 4.78 is 5.45. The predicted molar refractivity (Wildman–Crippen MR) is 84.7 cm³/mol. The Balaban J connectivity index is 1.45. The second kappa shape index (κ2) is 7.70. The van der Waals surface area contributed by atoms with Gasteiger partial charge in [-0.1, -0.05) is 12.5 Å². The number of hydrogen-bond donors (Lipinski definition) is 1. The lowest BCUT2D eigenvalue weighted by Gasteiger charge is -2.35. The molecule has 5 nitrogen and oxygen atoms in total. The van der Waals surface area contributed by atoms with E-state index in [-0.39, 0.29) is 5.91 Å². The lowest BCUT2D eigenvalue weighted by Crippen LogP contribution is -2.45. The molecule has 3 rings (SSSR count). The third kappa shape index (κ3) is 3.84. The molecule has 1 saturated carbocycles. The Bertz CT molecular complexity index is 474. The summed E-state index contributed by atoms with van der Waals surface area (Å²) in [5, 5.41) is 3.00. The largest absolute Gasteiger partial charge is 0.379 e. The van der Waals surface area contributed by atoms with E-state index in [1.54, 1.807) is 12.3 Å². The fraction of sp³-hybridized carbons (Fsp3) is 0.647. The van der Waals surface area contributed by atoms with Crippen molar-refractivity contribution in [3.05, 3.63) is 30.1 Å². The third-order valence-electron chi connectivity index (χ3n) is 4.83. The van der Waals surface area contributed by atoms with Gasteiger partial charge in [0.1, 0.15) is 5.69 Å². The van der Waals surface area contributed by atoms with Crippen LogP contribution >= 0.6 is 0 Å². The molecule has 1 amide bonds. The van der Waals surface area contributed by atoms with Crippen molar-refractivity contribution in [1.29, 1.82) is 0 Å². The quantitative estimate of drug-likeness (QED) is 0.899. The fourth-order valence-electron chi connectivity index (χ4n) is 3.70. The highest BCUT2D eigenvalue weighted by molar-refractivity contribution is 5.92. The Morgan fingerprint density at radius 2 is 2.18 bits per heavy atom. The molecule has 5 heteroatoms. The number of morpholine rings is 1. The van der Waals surface area contributed by atoms with Crippen LogP contribution in [0.4, 0.5) is 0 Å². The van der Waals surface area contributed by atoms with Gasteiger partial charge in [0.15, 0.2) is 0 Å². The first kappa shape index (κ1) is 15.4. The topological polar surface area (TPSA) is 54.5 Å². The van der Waals surface area contributed by atoms with Gasteiger partial charge in [0.25, 0.3) is 5.91 Å². The van der Waals surface area contributed by atoms with Crippen molar-refractivity contribution in [2.24, 2.45) is 5.92 Å². The summed E-state index contributed by atoms with van der Waals surface area (Å²) in [6, 6.07) is 6.09. The molecule has 0 spiro atoms. The molecule has 2 aliphatic rings. The molecule has 1 N–H and O–H groups in total. The highest BCUT2D eigenvalue weighted by Crippen LogP contribution is 2.32. The minimum Gasteiger partial charge on any atom is -0.379 e. The zero-order chi connectivity index (χ0) is 15.2. The first-order valence-electron chi connectivity index (χ1n) is 8.35. The van der Waals surface area contributed by atoms with Crippen LogP contribution in [0.5, 0.6) is 0 Å². The molecule has 2 fully saturated rings. The second-order valence-corrected chi connectivity index (χ2v) is 6.17. The van der Waals surface area contributed by atoms with Gasteiger partial charge < -0.3 is 10.1 Å². The van der Waals surface area contributed by atoms with E-state index in [0.29, 0.717) is 17.7 Å². The van der Waals surface area contributed by atoms with Gasteiger partial charge in [0.05, 0.1) is 13.2 Å². The number of rotatable bonds is 5. The molecule has 2 unspecified atom stereocenters. The van der Waals surface area contributed by atoms with E-state index in [0.717, 1.165) is 39.3 Å². The summed E-state index contributed by atoms with van der Waals surface area (Å²) in [6.07, 6.45) is 6.59. The Kier molecular flexibility index (Phi) is 5.40. The number of amides is 1. The molecule has 1 aliphatic carbocycles. The average Bonchev–Trinajstić information content (AvgIpc) is 3.05. The van der Waals surface area contributed by atoms with Crippen molar-refractivity contribution in [3.63, 3.8) is 0 Å². The molecular formula is C17H25N3O2. The first-order chi connectivity index (χ1) is 10.8. The molecule has 2 heterocycles. The van der Waals surface area contributed by atoms with Gasteiger partial charge in [-0.2, -0.15) is 0 Å². The summed E-state index contributed by atoms with van der Waals surface area (Å²) in [6.45, 7) is 4.57. The first-order valence-corrected chi connectivity index (χ1v) is 8.35. The molecule has 22 heavy (non-hydrogen) atoms. The van der Waals surface area contributed by atoms with E-state index < -0.39 is 0 Å². The van der Waals surface area contributed by atoms with E-state index >= 15 is 0 Å². The van der Waals surface area contributed by atoms with Crippen LogP contribution in [0.3, 0.4) is 0 Å². The molecule has 0 bridgehead atoms. The number of ether oxygens (including phenoxy) is 1. The summed E-state index contributed by atoms with van der Waals surface area (Å²) in [5.41, 5.74) is 0.499. The van der Waals surface area contributed by atoms with Crippen LogP contribution in [-0.4, -0.2) is 54.7 Å². The fourth-order valence-corrected chi connectivity index (χ4v) is 3.70. The number of aromatic nitrogens is 1. The van der Waals surface area contributed by atoms with Crippen LogP contribution in [0, 0.1) is 5.92 Å². The van der Waals surface area contributed by atoms with Crippen molar-refractivity contribution in [3.8, 4) is 0 Å². The van der Waals surface area contributed by atoms with E-state index in [1.807, 2.05) is 12.1 Å². The van der Waals surface area contributed by atoms with Gasteiger partial charge in [-0.25, -0.2) is 0 Å². The van der Waals surface area contributed by atoms with Gasteiger partial charge in [-0.05, 0) is 37.3 Å². The lowest BCUT2D eigenvalue weighted by atomic mass is 9.97. The molecule has 1 aromatic heterocycles. The number of carbonyl (C=O) groups excluding carboxylic acids is 1. The number of pyridine rings is 1. The van der Waals surface area contributed by atoms with Crippen LogP contribution in [0.25, 0.3) is 0 Å². The van der Waals surface area contributed by atoms with Gasteiger partial charge in [0, 0.05) is 31.9 Å². The summed E-state index contributed by atoms with van der Waals surface area (Å²) in [4.78, 5) is 18.7. The maximum atomic E-state index is 12.0. The maximum absolute atomic E-state index is 12.0. The highest BCUT2D eigenvalue weighted by Gasteiger charge is 2.32. The highest BCUT2D eigenvalue weighted by atomic mass is 16.5. The molecule has 2 atom stereocenters. The standard InChI is InChI=1S/C17H25N3O2/c21-17(15-5-1-2-8-18-15)19-9-7-14-4-3-6-16(14)20-10-12-22-13-11-20/h1-2,5,8,14,16H,3-4,6-7,9-13H2,(H,19,21). The molecule has 1 aliphatic heterocycles. The number of nitrogens with one attached hydrogen (secondary N) is 1. The molecule has 0 radical (unpaired) electrons. The maximum Gasteiger partial charge on any atom is 0.269 e. The zero-order valence-corrected chi connectivity index (χ0v) is 13.0. The Morgan fingerprint density at radius 1 is 1.32 bits per heavy atom. The lowest BCUT2D eigenvalue weighted by molar-refractivity contribution is 0.00749. The summed E-state index contributed by atoms with van der Waals surface area (Å²) in [5.74, 6) is 0.628. The molecular weight excluding hydrogens is 278 g/mol. The SMILES string of the molecule is O=C(NCCC1CCCC1N1CCOCC1)c1ccccn1. The Morgan fingerprint density at radius 3 is 2.95 bits per heavy atom. The Labute approximate surface area is 132 Å². The summed E-state index contributed by atoms with van der Waals surface area (Å²) in [7, 11) is 0. The minimum absolute atomic E-state index is 0.0680. The van der Waals surface area contributed by atoms with Crippen LogP contribution in [0.1, 0.15) is 36.2 Å². The van der Waals surface area contributed by atoms with Gasteiger partial charge >= 0.3 is 0 Å². The van der Waals surface area contributed by atoms with Crippen molar-refractivity contribution in [2.75, 3.05) is 32.8 Å². The number of carbonyl (C=O) groups is 1. The van der Waals surface area contributed by atoms with Crippen molar-refractivity contribution >= 4 is 5.91 Å². The smallest absolute Gasteiger partial charge is 0.269 e. The number of nitrogens with zero attached hydrogens (tertiary/aromatic N) is 2. The van der Waals surface area contributed by atoms with E-state index in [9.17, 15) is 4.79 Å². The number of hydrogen-bond acceptors (Lipinski definition) is 4. The minimum atomic E-state index is -0.0680. The van der Waals surface area contributed by atoms with Crippen molar-refractivity contribution < 1.29 is 9.53 Å². The molecule has 1 aromatic rings. The van der Waals surface area contributed by atoms with Crippen molar-refractivity contribution in [2.45, 2.75) is 31.7 Å². The monoisotopic (exact) mass is 303 g/mol. The van der Waals surface area contributed by atoms with E-state index in [1.165, 1.54) is 19.3 Å². The van der Waals surface area contributed by atoms with Crippen LogP contribution in [-0.2, 0) is 4.74 Å². The zero-order valence-electron chi connectivity index (χ0n) is 13.0. The normalized spacial score (nSPS) is 26.0. The van der Waals surface area contributed by atoms with E-state index in [2.05, 4.69) is 15.2 Å². The van der Waals surface area contributed by atoms with E-state index in [4.69, 9.17) is 4.74 Å². The van der Waals surface area contributed by atoms with Crippen LogP contribution in [0.15, 0.2) is 24.4 Å². The van der Waals surface area contributed by atoms with Gasteiger partial charge in [-0.3, -0.25) is 14.7 Å². The molecule has 0 aromatic carbocycles. The predicted octanol–water partition coefficient (Wildman–Crippen LogP) is 1.70. The average molecular weight is 303 g/mol. The second-order valence-electron chi connectivity index (χ2n) is 6.17. The van der Waals surface area contributed by atoms with Gasteiger partial charge in [-0.15, -0.1) is 0 Å². The van der Waals surface area contributed by atoms with Crippen molar-refractivity contribution in [1.82, 2.24) is 15.2 Å². The third-order valence-corrected chi connectivity index (χ3v) is 4.83. The molecule has 1 saturated heterocycles. The Hall–Kier alpha value is -1.46. The van der Waals surface area contributed by atoms with Crippen LogP contribution in [0.2, 0.25) is 0 Å². The van der Waals surface area contributed by atoms with Gasteiger partial charge in [0.2, 0.25) is 0 Å². The van der Waals surface area contributed by atoms with Crippen LogP contribution < -0.4 is 5.32 Å². The summed E-state index contributed by atoms with van der Waals surface area (Å²) >= 11 is 0. The molecule has 120 valence electrons.